The molecule has 1 aliphatic rings. The van der Waals surface area contributed by atoms with Gasteiger partial charge in [-0.3, -0.25) is 9.69 Å². The summed E-state index contributed by atoms with van der Waals surface area (Å²) in [7, 11) is 0. The number of hydrogen-bond donors (Lipinski definition) is 1. The zero-order valence-electron chi connectivity index (χ0n) is 11.1. The first-order valence-corrected chi connectivity index (χ1v) is 6.40. The molecule has 2 aromatic rings. The van der Waals surface area contributed by atoms with Crippen LogP contribution in [0.3, 0.4) is 0 Å². The van der Waals surface area contributed by atoms with Gasteiger partial charge < -0.3 is 5.73 Å². The number of Topliss-reactive ketones (excluding diaryl/α,β-unsaturated/α-hetero) is 1. The van der Waals surface area contributed by atoms with Crippen LogP contribution in [0.2, 0.25) is 0 Å². The van der Waals surface area contributed by atoms with Gasteiger partial charge >= 0.3 is 6.03 Å². The first kappa shape index (κ1) is 12.4. The van der Waals surface area contributed by atoms with Gasteiger partial charge in [0, 0.05) is 12.0 Å². The minimum atomic E-state index is -0.584. The number of primary amides is 1. The number of fused-ring (bicyclic) bond motifs is 2. The molecular weight excluding hydrogens is 252 g/mol. The Bertz CT molecular complexity index is 722. The van der Waals surface area contributed by atoms with Gasteiger partial charge in [0.2, 0.25) is 0 Å². The van der Waals surface area contributed by atoms with Crippen LogP contribution >= 0.6 is 0 Å². The minimum absolute atomic E-state index is 0.00861. The van der Waals surface area contributed by atoms with Gasteiger partial charge in [0.05, 0.1) is 11.4 Å². The first-order chi connectivity index (χ1) is 9.59. The van der Waals surface area contributed by atoms with Gasteiger partial charge in [-0.15, -0.1) is 0 Å². The maximum atomic E-state index is 12.5. The molecule has 0 aliphatic carbocycles. The number of hydrogen-bond acceptors (Lipinski definition) is 2. The van der Waals surface area contributed by atoms with Crippen LogP contribution in [0.25, 0.3) is 0 Å². The summed E-state index contributed by atoms with van der Waals surface area (Å²) in [5, 5.41) is 0. The number of amides is 2. The first-order valence-electron chi connectivity index (χ1n) is 6.40. The van der Waals surface area contributed by atoms with Crippen LogP contribution in [0.1, 0.15) is 21.5 Å². The molecule has 3 rings (SSSR count). The zero-order valence-corrected chi connectivity index (χ0v) is 11.1. The third-order valence-corrected chi connectivity index (χ3v) is 3.57. The molecule has 4 nitrogen and oxygen atoms in total. The number of anilines is 2. The molecule has 0 unspecified atom stereocenters. The van der Waals surface area contributed by atoms with Crippen LogP contribution < -0.4 is 10.6 Å². The molecule has 100 valence electrons. The quantitative estimate of drug-likeness (QED) is 0.796. The molecule has 20 heavy (non-hydrogen) atoms. The molecule has 2 amide bonds. The Labute approximate surface area is 116 Å². The summed E-state index contributed by atoms with van der Waals surface area (Å²) >= 11 is 0. The molecular formula is C16H14N2O2. The summed E-state index contributed by atoms with van der Waals surface area (Å²) in [6, 6.07) is 12.2. The summed E-state index contributed by atoms with van der Waals surface area (Å²) in [6.07, 6.45) is 0.276. The molecule has 2 N–H and O–H groups in total. The van der Waals surface area contributed by atoms with Gasteiger partial charge in [-0.05, 0) is 30.2 Å². The molecule has 0 bridgehead atoms. The predicted molar refractivity (Wildman–Crippen MR) is 77.4 cm³/mol. The van der Waals surface area contributed by atoms with E-state index in [1.54, 1.807) is 6.07 Å². The number of nitrogens with zero attached hydrogens (tertiary/aromatic N) is 1. The Morgan fingerprint density at radius 1 is 1.10 bits per heavy atom. The molecule has 0 atom stereocenters. The summed E-state index contributed by atoms with van der Waals surface area (Å²) < 4.78 is 0. The molecule has 1 aliphatic heterocycles. The van der Waals surface area contributed by atoms with E-state index in [9.17, 15) is 9.59 Å². The van der Waals surface area contributed by atoms with Crippen LogP contribution in [0, 0.1) is 6.92 Å². The number of aryl methyl sites for hydroxylation is 1. The number of para-hydroxylation sites is 1. The van der Waals surface area contributed by atoms with Crippen molar-refractivity contribution < 1.29 is 9.59 Å². The minimum Gasteiger partial charge on any atom is -0.351 e. The van der Waals surface area contributed by atoms with Crippen molar-refractivity contribution in [2.45, 2.75) is 13.3 Å². The lowest BCUT2D eigenvalue weighted by atomic mass is 9.99. The van der Waals surface area contributed by atoms with E-state index < -0.39 is 6.03 Å². The van der Waals surface area contributed by atoms with Crippen molar-refractivity contribution in [3.63, 3.8) is 0 Å². The highest BCUT2D eigenvalue weighted by Gasteiger charge is 2.28. The van der Waals surface area contributed by atoms with E-state index in [4.69, 9.17) is 5.73 Å². The molecule has 0 radical (unpaired) electrons. The van der Waals surface area contributed by atoms with Crippen molar-refractivity contribution in [2.75, 3.05) is 4.90 Å². The maximum Gasteiger partial charge on any atom is 0.323 e. The molecule has 2 aromatic carbocycles. The maximum absolute atomic E-state index is 12.5. The van der Waals surface area contributed by atoms with Crippen molar-refractivity contribution in [1.82, 2.24) is 0 Å². The second kappa shape index (κ2) is 4.49. The van der Waals surface area contributed by atoms with Gasteiger partial charge in [-0.25, -0.2) is 4.79 Å². The second-order valence-corrected chi connectivity index (χ2v) is 4.87. The average molecular weight is 266 g/mol. The monoisotopic (exact) mass is 266 g/mol. The zero-order chi connectivity index (χ0) is 14.3. The van der Waals surface area contributed by atoms with Crippen molar-refractivity contribution in [3.8, 4) is 0 Å². The van der Waals surface area contributed by atoms with Gasteiger partial charge in [0.1, 0.15) is 0 Å². The van der Waals surface area contributed by atoms with E-state index in [1.165, 1.54) is 4.90 Å². The van der Waals surface area contributed by atoms with E-state index in [0.29, 0.717) is 16.9 Å². The Hall–Kier alpha value is -2.62. The highest BCUT2D eigenvalue weighted by Crippen LogP contribution is 2.36. The van der Waals surface area contributed by atoms with Crippen molar-refractivity contribution >= 4 is 23.2 Å². The van der Waals surface area contributed by atoms with E-state index in [-0.39, 0.29) is 12.2 Å². The summed E-state index contributed by atoms with van der Waals surface area (Å²) in [5.41, 5.74) is 9.02. The molecule has 0 fully saturated rings. The second-order valence-electron chi connectivity index (χ2n) is 4.87. The third kappa shape index (κ3) is 1.77. The average Bonchev–Trinajstić information content (AvgIpc) is 2.53. The number of nitrogens with two attached hydrogens (primary N) is 1. The predicted octanol–water partition coefficient (Wildman–Crippen LogP) is 2.95. The molecule has 1 heterocycles. The van der Waals surface area contributed by atoms with Gasteiger partial charge in [0.15, 0.2) is 5.78 Å². The van der Waals surface area contributed by atoms with Crippen molar-refractivity contribution in [3.05, 3.63) is 59.2 Å². The number of urea groups is 1. The number of ketones is 1. The van der Waals surface area contributed by atoms with Gasteiger partial charge in [0.25, 0.3) is 0 Å². The summed E-state index contributed by atoms with van der Waals surface area (Å²) in [5.74, 6) is 0.00861. The Morgan fingerprint density at radius 2 is 1.80 bits per heavy atom. The number of carbonyl (C=O) groups is 2. The summed E-state index contributed by atoms with van der Waals surface area (Å²) in [6.45, 7) is 1.87. The lowest BCUT2D eigenvalue weighted by Gasteiger charge is -2.22. The SMILES string of the molecule is Cc1cccc2c1C(=O)Cc1ccccc1N2C(N)=O. The fraction of sp³-hybridized carbons (Fsp3) is 0.125. The summed E-state index contributed by atoms with van der Waals surface area (Å²) in [4.78, 5) is 25.8. The normalized spacial score (nSPS) is 13.4. The van der Waals surface area contributed by atoms with Crippen LogP contribution in [-0.4, -0.2) is 11.8 Å². The Balaban J connectivity index is 2.35. The molecule has 0 spiro atoms. The van der Waals surface area contributed by atoms with Crippen molar-refractivity contribution in [2.24, 2.45) is 5.73 Å². The van der Waals surface area contributed by atoms with Gasteiger partial charge in [-0.1, -0.05) is 30.3 Å². The van der Waals surface area contributed by atoms with E-state index in [1.807, 2.05) is 43.3 Å². The van der Waals surface area contributed by atoms with E-state index >= 15 is 0 Å². The topological polar surface area (TPSA) is 63.4 Å². The molecule has 0 saturated carbocycles. The lowest BCUT2D eigenvalue weighted by molar-refractivity contribution is 0.0994. The highest BCUT2D eigenvalue weighted by molar-refractivity contribution is 6.12. The Kier molecular flexibility index (Phi) is 2.79. The lowest BCUT2D eigenvalue weighted by Crippen LogP contribution is -2.32. The Morgan fingerprint density at radius 3 is 2.55 bits per heavy atom. The largest absolute Gasteiger partial charge is 0.351 e. The molecule has 4 heteroatoms. The van der Waals surface area contributed by atoms with E-state index in [0.717, 1.165) is 11.1 Å². The fourth-order valence-corrected chi connectivity index (χ4v) is 2.71. The standard InChI is InChI=1S/C16H14N2O2/c1-10-5-4-8-13-15(10)14(19)9-11-6-2-3-7-12(11)18(13)16(17)20/h2-8H,9H2,1H3,(H2,17,20). The van der Waals surface area contributed by atoms with Crippen LogP contribution in [0.15, 0.2) is 42.5 Å². The van der Waals surface area contributed by atoms with Crippen LogP contribution in [0.4, 0.5) is 16.2 Å². The molecule has 0 aromatic heterocycles. The van der Waals surface area contributed by atoms with Crippen LogP contribution in [-0.2, 0) is 6.42 Å². The number of carbonyl (C=O) groups excluding carboxylic acids is 2. The number of rotatable bonds is 0. The van der Waals surface area contributed by atoms with Crippen molar-refractivity contribution in [1.29, 1.82) is 0 Å². The van der Waals surface area contributed by atoms with Crippen LogP contribution in [0.5, 0.6) is 0 Å². The smallest absolute Gasteiger partial charge is 0.323 e. The van der Waals surface area contributed by atoms with Gasteiger partial charge in [-0.2, -0.15) is 0 Å². The highest BCUT2D eigenvalue weighted by atomic mass is 16.2. The number of benzene rings is 2. The third-order valence-electron chi connectivity index (χ3n) is 3.57. The fourth-order valence-electron chi connectivity index (χ4n) is 2.71. The van der Waals surface area contributed by atoms with E-state index in [2.05, 4.69) is 0 Å². The molecule has 0 saturated heterocycles.